The molecule has 3 saturated carbocycles. The van der Waals surface area contributed by atoms with Crippen LogP contribution in [0.15, 0.2) is 30.4 Å². The van der Waals surface area contributed by atoms with Crippen LogP contribution < -0.4 is 5.32 Å². The van der Waals surface area contributed by atoms with Crippen LogP contribution in [0.3, 0.4) is 0 Å². The molecule has 0 spiro atoms. The van der Waals surface area contributed by atoms with Crippen LogP contribution in [0.5, 0.6) is 0 Å². The van der Waals surface area contributed by atoms with Crippen molar-refractivity contribution in [3.05, 3.63) is 41.5 Å². The third-order valence-corrected chi connectivity index (χ3v) is 8.77. The molecule has 1 aliphatic heterocycles. The highest BCUT2D eigenvalue weighted by Crippen LogP contribution is 2.65. The van der Waals surface area contributed by atoms with Gasteiger partial charge in [-0.05, 0) is 81.3 Å². The molecular weight excluding hydrogens is 388 g/mol. The number of imide groups is 1. The number of carbonyl (C=O) groups is 3. The average molecular weight is 419 g/mol. The molecule has 6 aliphatic rings. The van der Waals surface area contributed by atoms with Crippen LogP contribution in [0.1, 0.15) is 43.2 Å². The zero-order valence-electron chi connectivity index (χ0n) is 18.2. The SMILES string of the molecule is Cc1ccc(NC(=O)C2CCC(N3C(=O)[C@@H]4[C@H]5C=C[C@@H]([C@@H]6C[C@H]56)[C@H]4C3=O)CC2)c(C)c1. The number of aryl methyl sites for hydroxylation is 2. The Labute approximate surface area is 183 Å². The lowest BCUT2D eigenvalue weighted by molar-refractivity contribution is -0.144. The zero-order valence-corrected chi connectivity index (χ0v) is 18.2. The predicted molar refractivity (Wildman–Crippen MR) is 117 cm³/mol. The van der Waals surface area contributed by atoms with Crippen LogP contribution in [0.4, 0.5) is 5.69 Å². The fraction of sp³-hybridized carbons (Fsp3) is 0.577. The van der Waals surface area contributed by atoms with Crippen molar-refractivity contribution in [3.8, 4) is 0 Å². The van der Waals surface area contributed by atoms with E-state index in [2.05, 4.69) is 23.5 Å². The van der Waals surface area contributed by atoms with Gasteiger partial charge in [-0.2, -0.15) is 0 Å². The molecule has 2 bridgehead atoms. The van der Waals surface area contributed by atoms with E-state index in [1.807, 2.05) is 26.0 Å². The maximum Gasteiger partial charge on any atom is 0.233 e. The second-order valence-electron chi connectivity index (χ2n) is 10.5. The van der Waals surface area contributed by atoms with Crippen molar-refractivity contribution in [2.45, 2.75) is 52.0 Å². The number of anilines is 1. The number of likely N-dealkylation sites (tertiary alicyclic amines) is 1. The number of amides is 3. The van der Waals surface area contributed by atoms with E-state index < -0.39 is 0 Å². The van der Waals surface area contributed by atoms with Crippen LogP contribution >= 0.6 is 0 Å². The number of allylic oxidation sites excluding steroid dienone is 2. The van der Waals surface area contributed by atoms with E-state index in [1.54, 1.807) is 4.90 Å². The van der Waals surface area contributed by atoms with E-state index >= 15 is 0 Å². The van der Waals surface area contributed by atoms with Gasteiger partial charge in [-0.1, -0.05) is 29.8 Å². The third-order valence-electron chi connectivity index (χ3n) is 8.77. The molecule has 0 aromatic heterocycles. The van der Waals surface area contributed by atoms with Crippen molar-refractivity contribution < 1.29 is 14.4 Å². The Hall–Kier alpha value is -2.43. The Morgan fingerprint density at radius 1 is 0.935 bits per heavy atom. The number of rotatable bonds is 3. The van der Waals surface area contributed by atoms with Crippen molar-refractivity contribution in [2.24, 2.45) is 41.4 Å². The van der Waals surface area contributed by atoms with Gasteiger partial charge in [-0.25, -0.2) is 0 Å². The molecule has 1 aromatic rings. The summed E-state index contributed by atoms with van der Waals surface area (Å²) >= 11 is 0. The number of nitrogens with one attached hydrogen (secondary N) is 1. The molecule has 1 saturated heterocycles. The van der Waals surface area contributed by atoms with Gasteiger partial charge in [0.05, 0.1) is 11.8 Å². The van der Waals surface area contributed by atoms with Crippen molar-refractivity contribution in [1.29, 1.82) is 0 Å². The van der Waals surface area contributed by atoms with Gasteiger partial charge in [0, 0.05) is 17.6 Å². The Kier molecular flexibility index (Phi) is 4.22. The maximum absolute atomic E-state index is 13.3. The summed E-state index contributed by atoms with van der Waals surface area (Å²) in [6, 6.07) is 6.01. The number of hydrogen-bond donors (Lipinski definition) is 1. The summed E-state index contributed by atoms with van der Waals surface area (Å²) in [6.45, 7) is 4.05. The van der Waals surface area contributed by atoms with Crippen LogP contribution in [0.2, 0.25) is 0 Å². The lowest BCUT2D eigenvalue weighted by Crippen LogP contribution is -2.44. The summed E-state index contributed by atoms with van der Waals surface area (Å²) in [5.74, 6) is 1.75. The van der Waals surface area contributed by atoms with E-state index in [1.165, 1.54) is 12.0 Å². The lowest BCUT2D eigenvalue weighted by Gasteiger charge is -2.37. The summed E-state index contributed by atoms with van der Waals surface area (Å²) in [5, 5.41) is 3.08. The normalized spacial score (nSPS) is 40.0. The second-order valence-corrected chi connectivity index (χ2v) is 10.5. The van der Waals surface area contributed by atoms with E-state index in [-0.39, 0.29) is 53.4 Å². The summed E-state index contributed by atoms with van der Waals surface area (Å²) in [6.07, 6.45) is 8.56. The molecule has 5 heteroatoms. The Morgan fingerprint density at radius 2 is 1.55 bits per heavy atom. The van der Waals surface area contributed by atoms with Crippen LogP contribution in [0, 0.1) is 55.3 Å². The van der Waals surface area contributed by atoms with Crippen LogP contribution in [0.25, 0.3) is 0 Å². The largest absolute Gasteiger partial charge is 0.326 e. The van der Waals surface area contributed by atoms with Gasteiger partial charge in [0.2, 0.25) is 17.7 Å². The molecule has 7 rings (SSSR count). The topological polar surface area (TPSA) is 66.5 Å². The highest BCUT2D eigenvalue weighted by Gasteiger charge is 2.67. The standard InChI is InChI=1S/C26H30N2O3/c1-13-3-10-21(14(2)11-13)27-24(29)15-4-6-16(7-5-15)28-25(30)22-17-8-9-18(20-12-19(17)20)23(22)26(28)31/h3,8-11,15-20,22-23H,4-7,12H2,1-2H3,(H,27,29)/t15?,16?,17-,18-,19-,20+,22+,23+/m0/s1. The Balaban J connectivity index is 1.11. The molecule has 4 fully saturated rings. The highest BCUT2D eigenvalue weighted by molar-refractivity contribution is 6.06. The summed E-state index contributed by atoms with van der Waals surface area (Å²) in [7, 11) is 0. The quantitative estimate of drug-likeness (QED) is 0.599. The summed E-state index contributed by atoms with van der Waals surface area (Å²) in [5.41, 5.74) is 3.12. The molecule has 1 N–H and O–H groups in total. The van der Waals surface area contributed by atoms with Crippen molar-refractivity contribution in [3.63, 3.8) is 0 Å². The van der Waals surface area contributed by atoms with Gasteiger partial charge in [0.25, 0.3) is 0 Å². The predicted octanol–water partition coefficient (Wildman–Crippen LogP) is 3.85. The molecule has 31 heavy (non-hydrogen) atoms. The fourth-order valence-corrected chi connectivity index (χ4v) is 7.12. The molecular formula is C26H30N2O3. The van der Waals surface area contributed by atoms with E-state index in [0.717, 1.165) is 36.9 Å². The molecule has 1 aromatic carbocycles. The molecule has 0 radical (unpaired) electrons. The monoisotopic (exact) mass is 418 g/mol. The smallest absolute Gasteiger partial charge is 0.233 e. The minimum atomic E-state index is -0.114. The van der Waals surface area contributed by atoms with E-state index in [0.29, 0.717) is 11.8 Å². The zero-order chi connectivity index (χ0) is 21.4. The van der Waals surface area contributed by atoms with Crippen molar-refractivity contribution in [1.82, 2.24) is 4.90 Å². The maximum atomic E-state index is 13.3. The Bertz CT molecular complexity index is 970. The molecule has 5 nitrogen and oxygen atoms in total. The molecule has 0 unspecified atom stereocenters. The number of hydrogen-bond acceptors (Lipinski definition) is 3. The number of carbonyl (C=O) groups excluding carboxylic acids is 3. The number of nitrogens with zero attached hydrogens (tertiary/aromatic N) is 1. The first-order valence-corrected chi connectivity index (χ1v) is 11.9. The van der Waals surface area contributed by atoms with Gasteiger partial charge in [0.1, 0.15) is 0 Å². The van der Waals surface area contributed by atoms with Gasteiger partial charge in [0.15, 0.2) is 0 Å². The molecule has 3 amide bonds. The fourth-order valence-electron chi connectivity index (χ4n) is 7.12. The molecule has 6 atom stereocenters. The summed E-state index contributed by atoms with van der Waals surface area (Å²) < 4.78 is 0. The lowest BCUT2D eigenvalue weighted by atomic mass is 9.63. The minimum absolute atomic E-state index is 0.0357. The van der Waals surface area contributed by atoms with Gasteiger partial charge < -0.3 is 5.32 Å². The molecule has 5 aliphatic carbocycles. The van der Waals surface area contributed by atoms with E-state index in [9.17, 15) is 14.4 Å². The summed E-state index contributed by atoms with van der Waals surface area (Å²) in [4.78, 5) is 41.1. The van der Waals surface area contributed by atoms with Crippen LogP contribution in [-0.2, 0) is 14.4 Å². The van der Waals surface area contributed by atoms with Gasteiger partial charge in [-0.3, -0.25) is 19.3 Å². The van der Waals surface area contributed by atoms with E-state index in [4.69, 9.17) is 0 Å². The molecule has 162 valence electrons. The highest BCUT2D eigenvalue weighted by atomic mass is 16.2. The first kappa shape index (κ1) is 19.3. The molecule has 1 heterocycles. The first-order valence-electron chi connectivity index (χ1n) is 11.9. The van der Waals surface area contributed by atoms with Gasteiger partial charge >= 0.3 is 0 Å². The first-order chi connectivity index (χ1) is 14.9. The van der Waals surface area contributed by atoms with Crippen LogP contribution in [-0.4, -0.2) is 28.7 Å². The third kappa shape index (κ3) is 2.85. The minimum Gasteiger partial charge on any atom is -0.326 e. The Morgan fingerprint density at radius 3 is 2.13 bits per heavy atom. The van der Waals surface area contributed by atoms with Crippen molar-refractivity contribution >= 4 is 23.4 Å². The number of benzene rings is 1. The second kappa shape index (κ2) is 6.78. The average Bonchev–Trinajstić information content (AvgIpc) is 3.54. The van der Waals surface area contributed by atoms with Gasteiger partial charge in [-0.15, -0.1) is 0 Å². The van der Waals surface area contributed by atoms with Crippen molar-refractivity contribution in [2.75, 3.05) is 5.32 Å².